The minimum Gasteiger partial charge on any atom is -0.366 e. The molecule has 45 heavy (non-hydrogen) atoms. The van der Waals surface area contributed by atoms with Gasteiger partial charge < -0.3 is 15.1 Å². The van der Waals surface area contributed by atoms with E-state index < -0.39 is 22.0 Å². The molecule has 3 aromatic carbocycles. The van der Waals surface area contributed by atoms with Crippen LogP contribution in [0.5, 0.6) is 0 Å². The zero-order valence-electron chi connectivity index (χ0n) is 25.7. The highest BCUT2D eigenvalue weighted by Gasteiger charge is 2.31. The molecule has 1 N–H and O–H groups in total. The Morgan fingerprint density at radius 3 is 2.24 bits per heavy atom. The predicted octanol–water partition coefficient (Wildman–Crippen LogP) is 5.00. The fourth-order valence-corrected chi connectivity index (χ4v) is 6.78. The Bertz CT molecular complexity index is 1770. The van der Waals surface area contributed by atoms with Crippen LogP contribution in [0.3, 0.4) is 0 Å². The number of sulfonamides is 1. The van der Waals surface area contributed by atoms with E-state index in [1.807, 2.05) is 74.5 Å². The molecule has 1 aliphatic rings. The zero-order valence-corrected chi connectivity index (χ0v) is 27.3. The number of pyridine rings is 1. The van der Waals surface area contributed by atoms with Gasteiger partial charge in [0, 0.05) is 55.8 Å². The minimum absolute atomic E-state index is 0.139. The summed E-state index contributed by atoms with van der Waals surface area (Å²) in [6, 6.07) is 23.3. The summed E-state index contributed by atoms with van der Waals surface area (Å²) in [4.78, 5) is 35.6. The van der Waals surface area contributed by atoms with E-state index in [1.165, 1.54) is 10.6 Å². The van der Waals surface area contributed by atoms with Gasteiger partial charge in [-0.2, -0.15) is 0 Å². The van der Waals surface area contributed by atoms with E-state index in [2.05, 4.69) is 15.2 Å². The summed E-state index contributed by atoms with van der Waals surface area (Å²) in [5.41, 5.74) is 2.54. The maximum absolute atomic E-state index is 14.0. The number of rotatable bonds is 10. The summed E-state index contributed by atoms with van der Waals surface area (Å²) in [6.07, 6.45) is 3.17. The molecule has 0 unspecified atom stereocenters. The van der Waals surface area contributed by atoms with E-state index in [-0.39, 0.29) is 23.9 Å². The summed E-state index contributed by atoms with van der Waals surface area (Å²) in [5, 5.41) is 5.34. The molecule has 4 aromatic rings. The van der Waals surface area contributed by atoms with Crippen LogP contribution in [0, 0.1) is 5.92 Å². The molecule has 9 nitrogen and oxygen atoms in total. The number of hydrogen-bond donors (Lipinski definition) is 1. The lowest BCUT2D eigenvalue weighted by Crippen LogP contribution is -2.55. The van der Waals surface area contributed by atoms with Crippen LogP contribution in [0.15, 0.2) is 85.1 Å². The molecule has 2 heterocycles. The second kappa shape index (κ2) is 13.9. The van der Waals surface area contributed by atoms with Crippen molar-refractivity contribution in [3.63, 3.8) is 0 Å². The van der Waals surface area contributed by atoms with Crippen molar-refractivity contribution < 1.29 is 18.0 Å². The molecule has 11 heteroatoms. The Morgan fingerprint density at radius 2 is 1.58 bits per heavy atom. The SMILES string of the molecule is CC(C)CN(c1ccccc1N1CCN(C(=O)[C@@H](Cc2ccc(Cl)cc2)NC(=O)c2cc3ccccc3cn2)CC1)S(C)(=O)=O. The molecule has 2 amide bonds. The summed E-state index contributed by atoms with van der Waals surface area (Å²) >= 11 is 6.09. The number of para-hydroxylation sites is 2. The molecule has 236 valence electrons. The van der Waals surface area contributed by atoms with E-state index in [0.29, 0.717) is 43.4 Å². The normalized spacial score (nSPS) is 14.4. The zero-order chi connectivity index (χ0) is 32.1. The van der Waals surface area contributed by atoms with Gasteiger partial charge in [0.05, 0.1) is 17.6 Å². The van der Waals surface area contributed by atoms with Gasteiger partial charge in [-0.1, -0.05) is 74.0 Å². The summed E-state index contributed by atoms with van der Waals surface area (Å²) in [5.74, 6) is -0.476. The summed E-state index contributed by atoms with van der Waals surface area (Å²) in [7, 11) is -3.50. The highest BCUT2D eigenvalue weighted by Crippen LogP contribution is 2.32. The lowest BCUT2D eigenvalue weighted by molar-refractivity contribution is -0.133. The molecular weight excluding hydrogens is 610 g/mol. The van der Waals surface area contributed by atoms with Gasteiger partial charge in [0.25, 0.3) is 5.91 Å². The van der Waals surface area contributed by atoms with Gasteiger partial charge in [-0.3, -0.25) is 18.9 Å². The van der Waals surface area contributed by atoms with Crippen LogP contribution in [0.2, 0.25) is 5.02 Å². The second-order valence-corrected chi connectivity index (χ2v) is 14.1. The Morgan fingerprint density at radius 1 is 0.933 bits per heavy atom. The lowest BCUT2D eigenvalue weighted by Gasteiger charge is -2.39. The number of nitrogens with zero attached hydrogens (tertiary/aromatic N) is 4. The Labute approximate surface area is 269 Å². The third-order valence-electron chi connectivity index (χ3n) is 7.83. The van der Waals surface area contributed by atoms with Crippen molar-refractivity contribution in [1.82, 2.24) is 15.2 Å². The summed E-state index contributed by atoms with van der Waals surface area (Å²) < 4.78 is 27.0. The van der Waals surface area contributed by atoms with Gasteiger partial charge >= 0.3 is 0 Å². The molecule has 0 radical (unpaired) electrons. The van der Waals surface area contributed by atoms with Gasteiger partial charge in [0.15, 0.2) is 0 Å². The average molecular weight is 648 g/mol. The monoisotopic (exact) mass is 647 g/mol. The third-order valence-corrected chi connectivity index (χ3v) is 9.23. The van der Waals surface area contributed by atoms with E-state index in [4.69, 9.17) is 11.6 Å². The highest BCUT2D eigenvalue weighted by atomic mass is 35.5. The first-order chi connectivity index (χ1) is 21.5. The Kier molecular flexibility index (Phi) is 9.94. The molecular formula is C34H38ClN5O4S. The average Bonchev–Trinajstić information content (AvgIpc) is 3.03. The molecule has 5 rings (SSSR count). The molecule has 0 aliphatic carbocycles. The van der Waals surface area contributed by atoms with Crippen molar-refractivity contribution >= 4 is 55.6 Å². The number of fused-ring (bicyclic) bond motifs is 1. The van der Waals surface area contributed by atoms with Crippen LogP contribution in [0.4, 0.5) is 11.4 Å². The van der Waals surface area contributed by atoms with Crippen LogP contribution in [0.1, 0.15) is 29.9 Å². The highest BCUT2D eigenvalue weighted by molar-refractivity contribution is 7.92. The number of nitrogens with one attached hydrogen (secondary N) is 1. The van der Waals surface area contributed by atoms with Crippen LogP contribution in [0.25, 0.3) is 10.8 Å². The van der Waals surface area contributed by atoms with Crippen LogP contribution in [-0.2, 0) is 21.2 Å². The maximum Gasteiger partial charge on any atom is 0.270 e. The van der Waals surface area contributed by atoms with Gasteiger partial charge in [-0.05, 0) is 47.2 Å². The van der Waals surface area contributed by atoms with Gasteiger partial charge in [-0.25, -0.2) is 8.42 Å². The van der Waals surface area contributed by atoms with Crippen molar-refractivity contribution in [2.45, 2.75) is 26.3 Å². The lowest BCUT2D eigenvalue weighted by atomic mass is 10.0. The number of benzene rings is 3. The fourth-order valence-electron chi connectivity index (χ4n) is 5.57. The van der Waals surface area contributed by atoms with Crippen LogP contribution >= 0.6 is 11.6 Å². The second-order valence-electron chi connectivity index (χ2n) is 11.8. The smallest absolute Gasteiger partial charge is 0.270 e. The van der Waals surface area contributed by atoms with Crippen molar-refractivity contribution in [2.75, 3.05) is 48.2 Å². The number of anilines is 2. The van der Waals surface area contributed by atoms with E-state index in [9.17, 15) is 18.0 Å². The molecule has 0 saturated carbocycles. The standard InChI is InChI=1S/C34H38ClN5O4S/c1-24(2)23-40(45(3,43)44)32-11-7-6-10-31(32)38-16-18-39(19-17-38)34(42)30(20-25-12-14-28(35)15-13-25)37-33(41)29-21-26-8-4-5-9-27(26)22-36-29/h4-15,21-22,24,30H,16-20,23H2,1-3H3,(H,37,41)/t30-/m1/s1. The minimum atomic E-state index is -3.50. The quantitative estimate of drug-likeness (QED) is 0.260. The Hall–Kier alpha value is -4.15. The first-order valence-corrected chi connectivity index (χ1v) is 17.2. The maximum atomic E-state index is 14.0. The van der Waals surface area contributed by atoms with Gasteiger partial charge in [0.1, 0.15) is 11.7 Å². The number of piperazine rings is 1. The van der Waals surface area contributed by atoms with E-state index >= 15 is 0 Å². The molecule has 1 aromatic heterocycles. The number of amides is 2. The Balaban J connectivity index is 1.34. The molecule has 1 fully saturated rings. The van der Waals surface area contributed by atoms with Gasteiger partial charge in [0.2, 0.25) is 15.9 Å². The topological polar surface area (TPSA) is 103 Å². The molecule has 0 spiro atoms. The molecule has 1 saturated heterocycles. The van der Waals surface area contributed by atoms with E-state index in [0.717, 1.165) is 22.0 Å². The van der Waals surface area contributed by atoms with E-state index in [1.54, 1.807) is 29.3 Å². The van der Waals surface area contributed by atoms with Crippen LogP contribution in [-0.4, -0.2) is 75.1 Å². The number of carbonyl (C=O) groups is 2. The van der Waals surface area contributed by atoms with Crippen molar-refractivity contribution in [1.29, 1.82) is 0 Å². The molecule has 0 bridgehead atoms. The van der Waals surface area contributed by atoms with Crippen molar-refractivity contribution in [3.8, 4) is 0 Å². The third kappa shape index (κ3) is 7.93. The number of hydrogen-bond acceptors (Lipinski definition) is 6. The van der Waals surface area contributed by atoms with Crippen molar-refractivity contribution in [2.24, 2.45) is 5.92 Å². The van der Waals surface area contributed by atoms with Crippen LogP contribution < -0.4 is 14.5 Å². The largest absolute Gasteiger partial charge is 0.366 e. The fraction of sp³-hybridized carbons (Fsp3) is 0.324. The molecule has 1 aliphatic heterocycles. The first kappa shape index (κ1) is 32.2. The number of aromatic nitrogens is 1. The van der Waals surface area contributed by atoms with Gasteiger partial charge in [-0.15, -0.1) is 0 Å². The predicted molar refractivity (Wildman–Crippen MR) is 180 cm³/mol. The number of halogens is 1. The van der Waals surface area contributed by atoms with Crippen molar-refractivity contribution in [3.05, 3.63) is 101 Å². The first-order valence-electron chi connectivity index (χ1n) is 15.0. The molecule has 1 atom stereocenters. The summed E-state index contributed by atoms with van der Waals surface area (Å²) in [6.45, 7) is 6.19. The number of carbonyl (C=O) groups excluding carboxylic acids is 2.